The zero-order valence-corrected chi connectivity index (χ0v) is 13.3. The van der Waals surface area contributed by atoms with Gasteiger partial charge in [-0.3, -0.25) is 0 Å². The Hall–Kier alpha value is -2.00. The summed E-state index contributed by atoms with van der Waals surface area (Å²) in [5, 5.41) is 3.65. The summed E-state index contributed by atoms with van der Waals surface area (Å²) in [7, 11) is 0. The van der Waals surface area contributed by atoms with Gasteiger partial charge in [0.25, 0.3) is 0 Å². The molecule has 4 rings (SSSR count). The monoisotopic (exact) mass is 309 g/mol. The van der Waals surface area contributed by atoms with Crippen molar-refractivity contribution in [2.75, 3.05) is 6.61 Å². The summed E-state index contributed by atoms with van der Waals surface area (Å²) in [4.78, 5) is 0. The fraction of sp³-hybridized carbons (Fsp3) is 0.400. The van der Waals surface area contributed by atoms with Crippen molar-refractivity contribution in [3.8, 4) is 11.5 Å². The fourth-order valence-electron chi connectivity index (χ4n) is 3.43. The highest BCUT2D eigenvalue weighted by atomic mass is 16.6. The van der Waals surface area contributed by atoms with E-state index < -0.39 is 0 Å². The number of fused-ring (bicyclic) bond motifs is 1. The van der Waals surface area contributed by atoms with Crippen LogP contribution in [0.1, 0.15) is 42.9 Å². The van der Waals surface area contributed by atoms with Gasteiger partial charge >= 0.3 is 0 Å². The van der Waals surface area contributed by atoms with Gasteiger partial charge in [-0.25, -0.2) is 0 Å². The minimum absolute atomic E-state index is 0.0262. The summed E-state index contributed by atoms with van der Waals surface area (Å²) in [6, 6.07) is 17.3. The molecule has 1 N–H and O–H groups in total. The highest BCUT2D eigenvalue weighted by molar-refractivity contribution is 5.41. The molecule has 2 aromatic rings. The van der Waals surface area contributed by atoms with Crippen LogP contribution in [0.15, 0.2) is 48.5 Å². The molecule has 1 saturated carbocycles. The van der Waals surface area contributed by atoms with Gasteiger partial charge in [0.05, 0.1) is 0 Å². The Labute approximate surface area is 137 Å². The summed E-state index contributed by atoms with van der Waals surface area (Å²) in [5.74, 6) is 1.66. The van der Waals surface area contributed by atoms with Gasteiger partial charge in [-0.2, -0.15) is 0 Å². The predicted octanol–water partition coefficient (Wildman–Crippen LogP) is 4.23. The maximum atomic E-state index is 6.06. The molecule has 23 heavy (non-hydrogen) atoms. The largest absolute Gasteiger partial charge is 0.485 e. The Bertz CT molecular complexity index is 647. The van der Waals surface area contributed by atoms with Crippen molar-refractivity contribution in [2.45, 2.75) is 44.4 Å². The van der Waals surface area contributed by atoms with Crippen molar-refractivity contribution < 1.29 is 9.47 Å². The molecule has 1 atom stereocenters. The standard InChI is InChI=1S/C20H23NO2/c1-2-6-17(5-1)21-13-15-9-11-16(12-10-15)20-14-22-18-7-3-4-8-19(18)23-20/h3-4,7-12,17,20-21H,1-2,5-6,13-14H2/t20-/m1/s1. The van der Waals surface area contributed by atoms with E-state index in [9.17, 15) is 0 Å². The van der Waals surface area contributed by atoms with E-state index in [4.69, 9.17) is 9.47 Å². The van der Waals surface area contributed by atoms with Crippen molar-refractivity contribution in [1.29, 1.82) is 0 Å². The first-order valence-corrected chi connectivity index (χ1v) is 8.59. The first-order chi connectivity index (χ1) is 11.4. The van der Waals surface area contributed by atoms with Crippen LogP contribution >= 0.6 is 0 Å². The third-order valence-corrected chi connectivity index (χ3v) is 4.81. The van der Waals surface area contributed by atoms with Crippen LogP contribution in [0.3, 0.4) is 0 Å². The van der Waals surface area contributed by atoms with E-state index in [-0.39, 0.29) is 6.10 Å². The van der Waals surface area contributed by atoms with Crippen LogP contribution < -0.4 is 14.8 Å². The number of ether oxygens (including phenoxy) is 2. The van der Waals surface area contributed by atoms with Crippen LogP contribution in [-0.4, -0.2) is 12.6 Å². The van der Waals surface area contributed by atoms with Gasteiger partial charge in [0.15, 0.2) is 17.6 Å². The van der Waals surface area contributed by atoms with Gasteiger partial charge in [-0.05, 0) is 36.1 Å². The molecule has 120 valence electrons. The van der Waals surface area contributed by atoms with Crippen molar-refractivity contribution in [3.05, 3.63) is 59.7 Å². The van der Waals surface area contributed by atoms with Gasteiger partial charge in [-0.15, -0.1) is 0 Å². The quantitative estimate of drug-likeness (QED) is 0.916. The normalized spacial score (nSPS) is 20.6. The molecule has 2 aromatic carbocycles. The molecule has 0 bridgehead atoms. The molecule has 2 aliphatic rings. The average Bonchev–Trinajstić information content (AvgIpc) is 3.14. The molecular weight excluding hydrogens is 286 g/mol. The minimum atomic E-state index is -0.0262. The second kappa shape index (κ2) is 6.63. The highest BCUT2D eigenvalue weighted by Crippen LogP contribution is 2.35. The molecule has 1 heterocycles. The molecule has 0 amide bonds. The van der Waals surface area contributed by atoms with Gasteiger partial charge < -0.3 is 14.8 Å². The van der Waals surface area contributed by atoms with Gasteiger partial charge in [0.1, 0.15) is 6.61 Å². The molecule has 0 radical (unpaired) electrons. The van der Waals surface area contributed by atoms with Crippen LogP contribution in [0.5, 0.6) is 11.5 Å². The predicted molar refractivity (Wildman–Crippen MR) is 90.8 cm³/mol. The van der Waals surface area contributed by atoms with Gasteiger partial charge in [-0.1, -0.05) is 49.2 Å². The van der Waals surface area contributed by atoms with Crippen molar-refractivity contribution >= 4 is 0 Å². The highest BCUT2D eigenvalue weighted by Gasteiger charge is 2.22. The third-order valence-electron chi connectivity index (χ3n) is 4.81. The van der Waals surface area contributed by atoms with Crippen molar-refractivity contribution in [3.63, 3.8) is 0 Å². The summed E-state index contributed by atoms with van der Waals surface area (Å²) in [6.45, 7) is 1.52. The summed E-state index contributed by atoms with van der Waals surface area (Å²) in [6.07, 6.45) is 5.37. The van der Waals surface area contributed by atoms with Crippen LogP contribution in [-0.2, 0) is 6.54 Å². The van der Waals surface area contributed by atoms with Gasteiger partial charge in [0, 0.05) is 12.6 Å². The number of para-hydroxylation sites is 2. The molecule has 3 nitrogen and oxygen atoms in total. The number of rotatable bonds is 4. The molecule has 1 fully saturated rings. The topological polar surface area (TPSA) is 30.5 Å². The van der Waals surface area contributed by atoms with E-state index in [1.54, 1.807) is 0 Å². The Morgan fingerprint density at radius 3 is 2.43 bits per heavy atom. The van der Waals surface area contributed by atoms with E-state index in [1.165, 1.54) is 36.8 Å². The number of hydrogen-bond donors (Lipinski definition) is 1. The second-order valence-corrected chi connectivity index (χ2v) is 6.47. The maximum absolute atomic E-state index is 6.06. The van der Waals surface area contributed by atoms with Crippen molar-refractivity contribution in [1.82, 2.24) is 5.32 Å². The van der Waals surface area contributed by atoms with E-state index in [0.717, 1.165) is 18.0 Å². The Morgan fingerprint density at radius 2 is 1.65 bits per heavy atom. The lowest BCUT2D eigenvalue weighted by Gasteiger charge is -2.26. The molecule has 3 heteroatoms. The Kier molecular flexibility index (Phi) is 4.20. The zero-order chi connectivity index (χ0) is 15.5. The van der Waals surface area contributed by atoms with E-state index >= 15 is 0 Å². The molecule has 1 aliphatic carbocycles. The molecule has 0 spiro atoms. The second-order valence-electron chi connectivity index (χ2n) is 6.47. The van der Waals surface area contributed by atoms with Crippen molar-refractivity contribution in [2.24, 2.45) is 0 Å². The van der Waals surface area contributed by atoms with E-state index in [2.05, 4.69) is 29.6 Å². The average molecular weight is 309 g/mol. The summed E-state index contributed by atoms with van der Waals surface area (Å²) >= 11 is 0. The summed E-state index contributed by atoms with van der Waals surface area (Å²) < 4.78 is 11.9. The maximum Gasteiger partial charge on any atom is 0.162 e. The minimum Gasteiger partial charge on any atom is -0.485 e. The van der Waals surface area contributed by atoms with Crippen LogP contribution in [0, 0.1) is 0 Å². The molecule has 0 saturated heterocycles. The number of benzene rings is 2. The zero-order valence-electron chi connectivity index (χ0n) is 13.3. The molecule has 0 unspecified atom stereocenters. The fourth-order valence-corrected chi connectivity index (χ4v) is 3.43. The number of nitrogens with one attached hydrogen (secondary N) is 1. The van der Waals surface area contributed by atoms with E-state index in [1.807, 2.05) is 24.3 Å². The first-order valence-electron chi connectivity index (χ1n) is 8.59. The van der Waals surface area contributed by atoms with E-state index in [0.29, 0.717) is 12.6 Å². The SMILES string of the molecule is c1ccc2c(c1)OC[C@H](c1ccc(CNC3CCCC3)cc1)O2. The smallest absolute Gasteiger partial charge is 0.162 e. The Balaban J connectivity index is 1.38. The summed E-state index contributed by atoms with van der Waals surface area (Å²) in [5.41, 5.74) is 2.50. The third kappa shape index (κ3) is 3.35. The van der Waals surface area contributed by atoms with Crippen LogP contribution in [0.25, 0.3) is 0 Å². The van der Waals surface area contributed by atoms with Gasteiger partial charge in [0.2, 0.25) is 0 Å². The first kappa shape index (κ1) is 14.6. The molecule has 0 aromatic heterocycles. The molecule has 1 aliphatic heterocycles. The lowest BCUT2D eigenvalue weighted by atomic mass is 10.1. The molecular formula is C20H23NO2. The van der Waals surface area contributed by atoms with Crippen LogP contribution in [0.4, 0.5) is 0 Å². The Morgan fingerprint density at radius 1 is 0.913 bits per heavy atom. The lowest BCUT2D eigenvalue weighted by molar-refractivity contribution is 0.0913. The lowest BCUT2D eigenvalue weighted by Crippen LogP contribution is -2.25. The van der Waals surface area contributed by atoms with Crippen LogP contribution in [0.2, 0.25) is 0 Å². The number of hydrogen-bond acceptors (Lipinski definition) is 3.